The molecule has 0 fully saturated rings. The number of benzene rings is 3. The maximum atomic E-state index is 14.5. The Bertz CT molecular complexity index is 2250. The van der Waals surface area contributed by atoms with Crippen molar-refractivity contribution < 1.29 is 53.5 Å². The van der Waals surface area contributed by atoms with Crippen LogP contribution in [-0.4, -0.2) is 61.2 Å². The van der Waals surface area contributed by atoms with Crippen LogP contribution >= 0.6 is 0 Å². The molecule has 0 saturated carbocycles. The van der Waals surface area contributed by atoms with E-state index in [4.69, 9.17) is 14.2 Å². The Morgan fingerprint density at radius 2 is 1.63 bits per heavy atom. The lowest BCUT2D eigenvalue weighted by molar-refractivity contribution is -0.132. The summed E-state index contributed by atoms with van der Waals surface area (Å²) in [6, 6.07) is 1.83. The minimum atomic E-state index is -1.58. The Kier molecular flexibility index (Phi) is 8.07. The third-order valence-corrected chi connectivity index (χ3v) is 8.66. The first kappa shape index (κ1) is 33.0. The third kappa shape index (κ3) is 5.03. The highest BCUT2D eigenvalue weighted by atomic mass is 16.6. The van der Waals surface area contributed by atoms with E-state index in [-0.39, 0.29) is 80.7 Å². The Hall–Kier alpha value is -5.89. The van der Waals surface area contributed by atoms with Gasteiger partial charge in [0.2, 0.25) is 5.78 Å². The maximum absolute atomic E-state index is 14.5. The zero-order valence-electron chi connectivity index (χ0n) is 27.0. The van der Waals surface area contributed by atoms with Crippen molar-refractivity contribution in [2.75, 3.05) is 0 Å². The minimum Gasteiger partial charge on any atom is -0.507 e. The van der Waals surface area contributed by atoms with Gasteiger partial charge in [0.15, 0.2) is 12.1 Å². The molecule has 2 unspecified atom stereocenters. The first-order valence-electron chi connectivity index (χ1n) is 15.3. The monoisotopic (exact) mass is 670 g/mol. The number of hydrogen-bond donors (Lipinski definition) is 3. The van der Waals surface area contributed by atoms with Crippen molar-refractivity contribution in [3.8, 4) is 39.9 Å². The number of aliphatic hydroxyl groups is 1. The fraction of sp³-hybridized carbons (Fsp3) is 0.286. The molecule has 0 spiro atoms. The van der Waals surface area contributed by atoms with Gasteiger partial charge in [-0.3, -0.25) is 24.0 Å². The van der Waals surface area contributed by atoms with E-state index in [0.717, 1.165) is 24.6 Å². The number of nitrogens with zero attached hydrogens (tertiary/aromatic N) is 2. The van der Waals surface area contributed by atoms with Gasteiger partial charge in [0.25, 0.3) is 5.56 Å². The first-order valence-corrected chi connectivity index (χ1v) is 15.3. The molecule has 0 saturated heterocycles. The summed E-state index contributed by atoms with van der Waals surface area (Å²) in [6.45, 7) is 6.55. The quantitative estimate of drug-likeness (QED) is 0.0983. The van der Waals surface area contributed by atoms with Crippen molar-refractivity contribution >= 4 is 40.6 Å². The van der Waals surface area contributed by atoms with Crippen LogP contribution in [0.3, 0.4) is 0 Å². The van der Waals surface area contributed by atoms with Crippen LogP contribution in [0.2, 0.25) is 0 Å². The van der Waals surface area contributed by atoms with Crippen LogP contribution in [0.5, 0.6) is 28.7 Å². The second-order valence-electron chi connectivity index (χ2n) is 11.8. The van der Waals surface area contributed by atoms with Crippen molar-refractivity contribution in [3.05, 3.63) is 67.6 Å². The molecule has 0 radical (unpaired) electrons. The number of aromatic nitrogens is 2. The van der Waals surface area contributed by atoms with Gasteiger partial charge >= 0.3 is 11.9 Å². The predicted molar refractivity (Wildman–Crippen MR) is 171 cm³/mol. The Morgan fingerprint density at radius 3 is 2.24 bits per heavy atom. The molecule has 2 atom stereocenters. The molecular formula is C35H30N2O12. The smallest absolute Gasteiger partial charge is 0.308 e. The molecular weight excluding hydrogens is 640 g/mol. The Balaban J connectivity index is 1.72. The van der Waals surface area contributed by atoms with Gasteiger partial charge in [-0.05, 0) is 50.8 Å². The molecule has 6 rings (SSSR count). The number of ether oxygens (including phenoxy) is 3. The van der Waals surface area contributed by atoms with Crippen LogP contribution in [0.15, 0.2) is 23.1 Å². The largest absolute Gasteiger partial charge is 0.507 e. The molecule has 2 aliphatic rings. The van der Waals surface area contributed by atoms with E-state index < -0.39 is 64.0 Å². The average Bonchev–Trinajstić information content (AvgIpc) is 3.03. The number of fused-ring (bicyclic) bond motifs is 6. The number of rotatable bonds is 7. The van der Waals surface area contributed by atoms with Gasteiger partial charge in [0, 0.05) is 47.1 Å². The molecule has 14 heteroatoms. The lowest BCUT2D eigenvalue weighted by Crippen LogP contribution is -2.28. The molecule has 3 N–H and O–H groups in total. The summed E-state index contributed by atoms with van der Waals surface area (Å²) >= 11 is 0. The summed E-state index contributed by atoms with van der Waals surface area (Å²) in [6.07, 6.45) is 0.845. The predicted octanol–water partition coefficient (Wildman–Crippen LogP) is 3.37. The molecule has 0 amide bonds. The molecule has 0 bridgehead atoms. The second-order valence-corrected chi connectivity index (χ2v) is 11.8. The number of esters is 2. The van der Waals surface area contributed by atoms with Crippen LogP contribution in [-0.2, 0) is 27.2 Å². The SMILES string of the molecule is CCC(C=O)n1ncc2cc3c(c(O)c2c1=O)-c1c(c(O)c2c(c1OC(C)O)C(=O)c1cc(OC(C)=O)c(C)c(OC(C)=O)c1C2=O)CC3. The standard InChI is InChI=1S/C35H30N2O12/c1-6-19(12-38)37-35(46)24-18(11-36-37)9-17-7-8-20-25(23(17)31(24)44)34(49-16(5)41)28-27(29(20)42)32(45)26-21(30(28)43)10-22(47-14(3)39)13(2)33(26)48-15(4)40/h9-12,16,19,41-42,44H,6-8H2,1-5H3. The lowest BCUT2D eigenvalue weighted by Gasteiger charge is -2.31. The van der Waals surface area contributed by atoms with Crippen molar-refractivity contribution in [2.24, 2.45) is 0 Å². The molecule has 252 valence electrons. The number of carbonyl (C=O) groups is 5. The van der Waals surface area contributed by atoms with Crippen molar-refractivity contribution in [2.45, 2.75) is 66.2 Å². The molecule has 3 aromatic carbocycles. The molecule has 14 nitrogen and oxygen atoms in total. The number of aromatic hydroxyl groups is 2. The summed E-state index contributed by atoms with van der Waals surface area (Å²) in [5.41, 5.74) is -1.86. The highest BCUT2D eigenvalue weighted by molar-refractivity contribution is 6.32. The number of phenolic OH excluding ortho intramolecular Hbond substituents is 2. The van der Waals surface area contributed by atoms with Crippen molar-refractivity contribution in [3.63, 3.8) is 0 Å². The number of phenols is 2. The number of aliphatic hydroxyl groups excluding tert-OH is 1. The zero-order valence-corrected chi connectivity index (χ0v) is 27.0. The molecule has 0 aliphatic heterocycles. The highest BCUT2D eigenvalue weighted by Gasteiger charge is 2.43. The summed E-state index contributed by atoms with van der Waals surface area (Å²) in [7, 11) is 0. The average molecular weight is 671 g/mol. The number of ketones is 2. The number of aryl methyl sites for hydroxylation is 1. The summed E-state index contributed by atoms with van der Waals surface area (Å²) in [5, 5.41) is 38.3. The number of hydrogen-bond acceptors (Lipinski definition) is 13. The number of carbonyl (C=O) groups excluding carboxylic acids is 5. The zero-order chi connectivity index (χ0) is 35.6. The van der Waals surface area contributed by atoms with Gasteiger partial charge in [-0.15, -0.1) is 0 Å². The second kappa shape index (κ2) is 12.0. The van der Waals surface area contributed by atoms with Crippen LogP contribution in [0.25, 0.3) is 21.9 Å². The van der Waals surface area contributed by atoms with Crippen LogP contribution in [0.1, 0.15) is 88.7 Å². The van der Waals surface area contributed by atoms with E-state index in [1.165, 1.54) is 20.0 Å². The summed E-state index contributed by atoms with van der Waals surface area (Å²) < 4.78 is 17.4. The van der Waals surface area contributed by atoms with E-state index in [2.05, 4.69) is 5.10 Å². The summed E-state index contributed by atoms with van der Waals surface area (Å²) in [5.74, 6) is -5.49. The van der Waals surface area contributed by atoms with E-state index in [9.17, 15) is 44.1 Å². The summed E-state index contributed by atoms with van der Waals surface area (Å²) in [4.78, 5) is 78.2. The normalized spacial score (nSPS) is 14.2. The van der Waals surface area contributed by atoms with Gasteiger partial charge in [0.05, 0.1) is 28.3 Å². The van der Waals surface area contributed by atoms with E-state index in [1.807, 2.05) is 0 Å². The van der Waals surface area contributed by atoms with E-state index in [0.29, 0.717) is 11.8 Å². The molecule has 1 heterocycles. The van der Waals surface area contributed by atoms with Crippen LogP contribution < -0.4 is 19.8 Å². The first-order chi connectivity index (χ1) is 23.2. The molecule has 2 aliphatic carbocycles. The molecule has 1 aromatic heterocycles. The highest BCUT2D eigenvalue weighted by Crippen LogP contribution is 2.55. The van der Waals surface area contributed by atoms with Crippen molar-refractivity contribution in [1.29, 1.82) is 0 Å². The molecule has 4 aromatic rings. The third-order valence-electron chi connectivity index (χ3n) is 8.66. The minimum absolute atomic E-state index is 0.00709. The molecule has 49 heavy (non-hydrogen) atoms. The van der Waals surface area contributed by atoms with Crippen LogP contribution in [0, 0.1) is 6.92 Å². The van der Waals surface area contributed by atoms with Gasteiger partial charge < -0.3 is 34.3 Å². The fourth-order valence-electron chi connectivity index (χ4n) is 6.59. The maximum Gasteiger partial charge on any atom is 0.308 e. The Morgan fingerprint density at radius 1 is 0.939 bits per heavy atom. The van der Waals surface area contributed by atoms with Crippen molar-refractivity contribution in [1.82, 2.24) is 9.78 Å². The Labute approximate surface area is 277 Å². The van der Waals surface area contributed by atoms with E-state index in [1.54, 1.807) is 13.0 Å². The lowest BCUT2D eigenvalue weighted by atomic mass is 9.75. The van der Waals surface area contributed by atoms with Gasteiger partial charge in [-0.2, -0.15) is 5.10 Å². The topological polar surface area (TPSA) is 209 Å². The van der Waals surface area contributed by atoms with Gasteiger partial charge in [-0.25, -0.2) is 4.68 Å². The number of aldehydes is 1. The van der Waals surface area contributed by atoms with E-state index >= 15 is 0 Å². The van der Waals surface area contributed by atoms with Crippen LogP contribution in [0.4, 0.5) is 0 Å². The van der Waals surface area contributed by atoms with Gasteiger partial charge in [-0.1, -0.05) is 6.92 Å². The fourth-order valence-corrected chi connectivity index (χ4v) is 6.59. The van der Waals surface area contributed by atoms with Gasteiger partial charge in [0.1, 0.15) is 41.1 Å².